The van der Waals surface area contributed by atoms with Crippen LogP contribution in [0.2, 0.25) is 0 Å². The Morgan fingerprint density at radius 3 is 2.06 bits per heavy atom. The fraction of sp³-hybridized carbons (Fsp3) is 0.500. The van der Waals surface area contributed by atoms with Crippen molar-refractivity contribution < 1.29 is 13.2 Å². The first-order valence-corrected chi connectivity index (χ1v) is 13.6. The third-order valence-corrected chi connectivity index (χ3v) is 8.90. The summed E-state index contributed by atoms with van der Waals surface area (Å²) in [6.45, 7) is 3.97. The van der Waals surface area contributed by atoms with Gasteiger partial charge in [-0.25, -0.2) is 13.2 Å². The quantitative estimate of drug-likeness (QED) is 0.639. The fourth-order valence-corrected chi connectivity index (χ4v) is 6.47. The van der Waals surface area contributed by atoms with Crippen molar-refractivity contribution in [2.45, 2.75) is 55.1 Å². The maximum absolute atomic E-state index is 13.4. The zero-order valence-electron chi connectivity index (χ0n) is 20.1. The van der Waals surface area contributed by atoms with E-state index in [2.05, 4.69) is 61.2 Å². The second kappa shape index (κ2) is 8.76. The van der Waals surface area contributed by atoms with Gasteiger partial charge in [0, 0.05) is 31.4 Å². The molecule has 0 aromatic heterocycles. The number of nitrogens with zero attached hydrogens (tertiary/aromatic N) is 3. The number of amides is 2. The zero-order chi connectivity index (χ0) is 23.9. The molecular formula is C26H35N3O3S. The van der Waals surface area contributed by atoms with E-state index in [1.807, 2.05) is 17.0 Å². The van der Waals surface area contributed by atoms with Crippen molar-refractivity contribution in [3.05, 3.63) is 65.7 Å². The number of rotatable bonds is 6. The second-order valence-corrected chi connectivity index (χ2v) is 11.8. The van der Waals surface area contributed by atoms with E-state index in [9.17, 15) is 13.2 Å². The highest BCUT2D eigenvalue weighted by atomic mass is 32.2. The van der Waals surface area contributed by atoms with Crippen molar-refractivity contribution in [2.75, 3.05) is 33.4 Å². The predicted molar refractivity (Wildman–Crippen MR) is 131 cm³/mol. The third-order valence-electron chi connectivity index (χ3n) is 7.78. The van der Waals surface area contributed by atoms with Crippen LogP contribution in [0.4, 0.5) is 4.79 Å². The summed E-state index contributed by atoms with van der Waals surface area (Å²) in [5.74, 6) is 0. The molecule has 0 radical (unpaired) electrons. The third kappa shape index (κ3) is 4.28. The maximum atomic E-state index is 13.4. The monoisotopic (exact) mass is 469 g/mol. The number of urea groups is 1. The van der Waals surface area contributed by atoms with Crippen LogP contribution in [0.5, 0.6) is 0 Å². The summed E-state index contributed by atoms with van der Waals surface area (Å²) in [5, 5.41) is 0. The van der Waals surface area contributed by atoms with Gasteiger partial charge in [0.25, 0.3) is 0 Å². The van der Waals surface area contributed by atoms with Crippen molar-refractivity contribution >= 4 is 15.9 Å². The molecule has 178 valence electrons. The van der Waals surface area contributed by atoms with Crippen molar-refractivity contribution in [1.29, 1.82) is 0 Å². The van der Waals surface area contributed by atoms with E-state index < -0.39 is 9.84 Å². The largest absolute Gasteiger partial charge is 0.320 e. The molecule has 1 spiro atoms. The molecule has 6 nitrogen and oxygen atoms in total. The van der Waals surface area contributed by atoms with Gasteiger partial charge in [-0.15, -0.1) is 0 Å². The van der Waals surface area contributed by atoms with Crippen LogP contribution in [-0.2, 0) is 21.9 Å². The molecule has 1 aliphatic heterocycles. The van der Waals surface area contributed by atoms with E-state index in [4.69, 9.17) is 0 Å². The molecule has 2 aliphatic rings. The number of benzene rings is 2. The van der Waals surface area contributed by atoms with Gasteiger partial charge in [0.15, 0.2) is 9.84 Å². The van der Waals surface area contributed by atoms with E-state index >= 15 is 0 Å². The number of carbonyl (C=O) groups excluding carboxylic acids is 1. The van der Waals surface area contributed by atoms with Gasteiger partial charge in [-0.05, 0) is 70.0 Å². The molecule has 1 saturated heterocycles. The van der Waals surface area contributed by atoms with Gasteiger partial charge < -0.3 is 9.80 Å². The number of hydrogen-bond donors (Lipinski definition) is 0. The molecule has 0 N–H and O–H groups in total. The van der Waals surface area contributed by atoms with Crippen LogP contribution in [0, 0.1) is 0 Å². The summed E-state index contributed by atoms with van der Waals surface area (Å²) < 4.78 is 23.5. The normalized spacial score (nSPS) is 25.9. The Morgan fingerprint density at radius 1 is 0.939 bits per heavy atom. The SMILES string of the molecule is CCN1C(=O)N(Cc2ccc(S(C)(=O)=O)cc2)CC12CCC(c1ccccc1)(N(C)C)CC2. The molecule has 2 aromatic carbocycles. The smallest absolute Gasteiger partial charge is 0.318 e. The number of hydrogen-bond acceptors (Lipinski definition) is 4. The van der Waals surface area contributed by atoms with E-state index in [0.29, 0.717) is 24.5 Å². The van der Waals surface area contributed by atoms with Crippen LogP contribution in [0.3, 0.4) is 0 Å². The molecule has 0 unspecified atom stereocenters. The summed E-state index contributed by atoms with van der Waals surface area (Å²) in [4.78, 5) is 20.0. The highest BCUT2D eigenvalue weighted by Gasteiger charge is 2.53. The lowest BCUT2D eigenvalue weighted by molar-refractivity contribution is 0.0261. The van der Waals surface area contributed by atoms with Crippen molar-refractivity contribution in [3.63, 3.8) is 0 Å². The molecule has 1 heterocycles. The average Bonchev–Trinajstić information content (AvgIpc) is 3.04. The second-order valence-electron chi connectivity index (χ2n) is 9.82. The molecule has 2 fully saturated rings. The van der Waals surface area contributed by atoms with Gasteiger partial charge >= 0.3 is 6.03 Å². The summed E-state index contributed by atoms with van der Waals surface area (Å²) in [6, 6.07) is 17.7. The van der Waals surface area contributed by atoms with Gasteiger partial charge in [-0.3, -0.25) is 4.90 Å². The molecule has 7 heteroatoms. The van der Waals surface area contributed by atoms with Crippen LogP contribution in [0.25, 0.3) is 0 Å². The predicted octanol–water partition coefficient (Wildman–Crippen LogP) is 4.12. The first-order valence-electron chi connectivity index (χ1n) is 11.7. The van der Waals surface area contributed by atoms with E-state index in [0.717, 1.165) is 31.2 Å². The maximum Gasteiger partial charge on any atom is 0.320 e. The standard InChI is InChI=1S/C26H35N3O3S/c1-5-29-24(30)28(19-21-11-13-23(14-12-21)33(4,31)32)20-25(29)15-17-26(18-16-25,27(2)3)22-9-7-6-8-10-22/h6-14H,5,15-20H2,1-4H3. The summed E-state index contributed by atoms with van der Waals surface area (Å²) in [6.07, 6.45) is 5.14. The summed E-state index contributed by atoms with van der Waals surface area (Å²) in [5.41, 5.74) is 2.14. The summed E-state index contributed by atoms with van der Waals surface area (Å²) >= 11 is 0. The first kappa shape index (κ1) is 23.8. The Labute approximate surface area is 198 Å². The van der Waals surface area contributed by atoms with Gasteiger partial charge in [0.2, 0.25) is 0 Å². The van der Waals surface area contributed by atoms with Crippen LogP contribution in [0.15, 0.2) is 59.5 Å². The zero-order valence-corrected chi connectivity index (χ0v) is 20.9. The first-order chi connectivity index (χ1) is 15.6. The Kier molecular flexibility index (Phi) is 6.31. The van der Waals surface area contributed by atoms with E-state index in [1.54, 1.807) is 12.1 Å². The molecule has 0 bridgehead atoms. The van der Waals surface area contributed by atoms with Gasteiger partial charge in [-0.1, -0.05) is 42.5 Å². The number of carbonyl (C=O) groups is 1. The Morgan fingerprint density at radius 2 is 1.55 bits per heavy atom. The minimum Gasteiger partial charge on any atom is -0.318 e. The summed E-state index contributed by atoms with van der Waals surface area (Å²) in [7, 11) is 1.10. The van der Waals surface area contributed by atoms with Crippen LogP contribution >= 0.6 is 0 Å². The van der Waals surface area contributed by atoms with Crippen LogP contribution in [-0.4, -0.2) is 68.1 Å². The van der Waals surface area contributed by atoms with Crippen molar-refractivity contribution in [2.24, 2.45) is 0 Å². The average molecular weight is 470 g/mol. The van der Waals surface area contributed by atoms with E-state index in [-0.39, 0.29) is 17.1 Å². The number of likely N-dealkylation sites (N-methyl/N-ethyl adjacent to an activating group) is 1. The van der Waals surface area contributed by atoms with E-state index in [1.165, 1.54) is 11.8 Å². The molecule has 0 atom stereocenters. The van der Waals surface area contributed by atoms with Gasteiger partial charge in [-0.2, -0.15) is 0 Å². The lowest BCUT2D eigenvalue weighted by atomic mass is 9.68. The fourth-order valence-electron chi connectivity index (χ4n) is 5.84. The van der Waals surface area contributed by atoms with Crippen LogP contribution in [0.1, 0.15) is 43.7 Å². The highest BCUT2D eigenvalue weighted by Crippen LogP contribution is 2.48. The minimum absolute atomic E-state index is 0.0101. The molecule has 2 aromatic rings. The highest BCUT2D eigenvalue weighted by molar-refractivity contribution is 7.90. The topological polar surface area (TPSA) is 60.9 Å². The molecule has 4 rings (SSSR count). The van der Waals surface area contributed by atoms with Crippen molar-refractivity contribution in [3.8, 4) is 0 Å². The molecule has 1 aliphatic carbocycles. The van der Waals surface area contributed by atoms with Gasteiger partial charge in [0.05, 0.1) is 10.4 Å². The molecule has 1 saturated carbocycles. The lowest BCUT2D eigenvalue weighted by Crippen LogP contribution is -2.55. The minimum atomic E-state index is -3.23. The molecule has 33 heavy (non-hydrogen) atoms. The number of sulfone groups is 1. The molecular weight excluding hydrogens is 434 g/mol. The lowest BCUT2D eigenvalue weighted by Gasteiger charge is -2.51. The Bertz CT molecular complexity index is 1090. The Balaban J connectivity index is 1.54. The van der Waals surface area contributed by atoms with Crippen LogP contribution < -0.4 is 0 Å². The van der Waals surface area contributed by atoms with Crippen molar-refractivity contribution in [1.82, 2.24) is 14.7 Å². The van der Waals surface area contributed by atoms with Gasteiger partial charge in [0.1, 0.15) is 0 Å². The Hall–Kier alpha value is -2.38. The molecule has 2 amide bonds.